The van der Waals surface area contributed by atoms with E-state index in [1.54, 1.807) is 6.07 Å². The van der Waals surface area contributed by atoms with Gasteiger partial charge in [-0.25, -0.2) is 13.8 Å². The van der Waals surface area contributed by atoms with Crippen molar-refractivity contribution in [2.24, 2.45) is 0 Å². The van der Waals surface area contributed by atoms with Gasteiger partial charge in [-0.15, -0.1) is 0 Å². The molecule has 0 amide bonds. The fourth-order valence-corrected chi connectivity index (χ4v) is 1.01. The summed E-state index contributed by atoms with van der Waals surface area (Å²) in [6.45, 7) is 0. The second-order valence-corrected chi connectivity index (χ2v) is 2.42. The van der Waals surface area contributed by atoms with Crippen molar-refractivity contribution < 1.29 is 13.5 Å². The highest BCUT2D eigenvalue weighted by Gasteiger charge is 2.19. The van der Waals surface area contributed by atoms with Crippen LogP contribution >= 0.6 is 0 Å². The van der Waals surface area contributed by atoms with Crippen LogP contribution < -0.4 is 10.5 Å². The van der Waals surface area contributed by atoms with E-state index in [1.165, 1.54) is 7.11 Å². The van der Waals surface area contributed by atoms with Gasteiger partial charge in [0.25, 0.3) is 6.43 Å². The van der Waals surface area contributed by atoms with Crippen LogP contribution in [0.3, 0.4) is 0 Å². The van der Waals surface area contributed by atoms with E-state index in [1.807, 2.05) is 0 Å². The van der Waals surface area contributed by atoms with E-state index in [-0.39, 0.29) is 17.1 Å². The highest BCUT2D eigenvalue weighted by atomic mass is 19.3. The smallest absolute Gasteiger partial charge is 0.266 e. The molecule has 0 atom stereocenters. The van der Waals surface area contributed by atoms with Gasteiger partial charge in [0.05, 0.1) is 12.7 Å². The largest absolute Gasteiger partial charge is 0.492 e. The molecule has 0 saturated heterocycles. The summed E-state index contributed by atoms with van der Waals surface area (Å²) in [6.07, 6.45) is -1.90. The Morgan fingerprint density at radius 2 is 2.29 bits per heavy atom. The zero-order valence-electron chi connectivity index (χ0n) is 7.29. The number of anilines is 1. The molecule has 2 N–H and O–H groups in total. The first-order chi connectivity index (χ1) is 6.61. The topological polar surface area (TPSA) is 71.9 Å². The summed E-state index contributed by atoms with van der Waals surface area (Å²) in [5, 5.41) is 8.66. The number of methoxy groups -OCH3 is 1. The highest BCUT2D eigenvalue weighted by Crippen LogP contribution is 2.31. The van der Waals surface area contributed by atoms with Gasteiger partial charge in [0.2, 0.25) is 0 Å². The van der Waals surface area contributed by atoms with E-state index >= 15 is 0 Å². The summed E-state index contributed by atoms with van der Waals surface area (Å²) in [4.78, 5) is 3.50. The van der Waals surface area contributed by atoms with Crippen LogP contribution in [0.5, 0.6) is 5.75 Å². The first kappa shape index (κ1) is 10.2. The molecule has 4 nitrogen and oxygen atoms in total. The molecule has 0 saturated carbocycles. The average molecular weight is 199 g/mol. The Bertz CT molecular complexity index is 387. The third-order valence-electron chi connectivity index (χ3n) is 1.64. The Balaban J connectivity index is 3.43. The Hall–Kier alpha value is -1.90. The number of rotatable bonds is 2. The van der Waals surface area contributed by atoms with Crippen LogP contribution in [0.4, 0.5) is 14.6 Å². The fourth-order valence-electron chi connectivity index (χ4n) is 1.01. The lowest BCUT2D eigenvalue weighted by molar-refractivity contribution is 0.150. The quantitative estimate of drug-likeness (QED) is 0.782. The maximum absolute atomic E-state index is 12.4. The second-order valence-electron chi connectivity index (χ2n) is 2.42. The number of nitrogen functional groups attached to an aromatic ring is 1. The molecular weight excluding hydrogens is 192 g/mol. The summed E-state index contributed by atoms with van der Waals surface area (Å²) >= 11 is 0. The third-order valence-corrected chi connectivity index (χ3v) is 1.64. The Kier molecular flexibility index (Phi) is 2.82. The molecule has 1 aromatic rings. The lowest BCUT2D eigenvalue weighted by atomic mass is 10.1. The normalized spacial score (nSPS) is 9.93. The van der Waals surface area contributed by atoms with Crippen LogP contribution in [0.15, 0.2) is 6.20 Å². The number of nitriles is 1. The van der Waals surface area contributed by atoms with Crippen molar-refractivity contribution in [1.82, 2.24) is 4.98 Å². The van der Waals surface area contributed by atoms with Gasteiger partial charge in [0.15, 0.2) is 11.6 Å². The molecule has 0 fully saturated rings. The monoisotopic (exact) mass is 199 g/mol. The second kappa shape index (κ2) is 3.87. The molecule has 74 valence electrons. The molecule has 0 aliphatic rings. The van der Waals surface area contributed by atoms with Crippen molar-refractivity contribution in [2.75, 3.05) is 12.8 Å². The molecule has 1 heterocycles. The number of nitrogens with zero attached hydrogens (tertiary/aromatic N) is 2. The van der Waals surface area contributed by atoms with E-state index in [0.29, 0.717) is 0 Å². The van der Waals surface area contributed by atoms with Crippen molar-refractivity contribution in [1.29, 1.82) is 5.26 Å². The molecule has 1 rings (SSSR count). The minimum Gasteiger partial charge on any atom is -0.492 e. The third kappa shape index (κ3) is 1.57. The Morgan fingerprint density at radius 1 is 1.64 bits per heavy atom. The molecule has 0 bridgehead atoms. The summed E-state index contributed by atoms with van der Waals surface area (Å²) in [5.74, 6) is -0.182. The number of alkyl halides is 2. The van der Waals surface area contributed by atoms with Gasteiger partial charge in [-0.1, -0.05) is 0 Å². The minimum absolute atomic E-state index is 0.0755. The van der Waals surface area contributed by atoms with E-state index in [0.717, 1.165) is 6.20 Å². The maximum Gasteiger partial charge on any atom is 0.266 e. The standard InChI is InChI=1S/C8H7F2N3O/c1-14-6-4(2-11)5(7(9)10)3-13-8(6)12/h3,7H,1H3,(H2,12,13). The van der Waals surface area contributed by atoms with Crippen LogP contribution in [0.2, 0.25) is 0 Å². The van der Waals surface area contributed by atoms with E-state index in [4.69, 9.17) is 15.7 Å². The van der Waals surface area contributed by atoms with Crippen molar-refractivity contribution in [2.45, 2.75) is 6.43 Å². The summed E-state index contributed by atoms with van der Waals surface area (Å²) in [6, 6.07) is 1.61. The van der Waals surface area contributed by atoms with Gasteiger partial charge in [-0.3, -0.25) is 0 Å². The summed E-state index contributed by atoms with van der Waals surface area (Å²) < 4.78 is 29.5. The van der Waals surface area contributed by atoms with Gasteiger partial charge in [-0.2, -0.15) is 5.26 Å². The molecule has 0 radical (unpaired) electrons. The SMILES string of the molecule is COc1c(N)ncc(C(F)F)c1C#N. The Morgan fingerprint density at radius 3 is 2.71 bits per heavy atom. The lowest BCUT2D eigenvalue weighted by Gasteiger charge is -2.08. The number of hydrogen-bond acceptors (Lipinski definition) is 4. The van der Waals surface area contributed by atoms with Crippen LogP contribution in [0.25, 0.3) is 0 Å². The van der Waals surface area contributed by atoms with Crippen molar-refractivity contribution in [3.63, 3.8) is 0 Å². The molecule has 0 unspecified atom stereocenters. The molecule has 1 aromatic heterocycles. The van der Waals surface area contributed by atoms with Crippen LogP contribution in [-0.2, 0) is 0 Å². The number of pyridine rings is 1. The average Bonchev–Trinajstić information content (AvgIpc) is 2.16. The van der Waals surface area contributed by atoms with Crippen molar-refractivity contribution in [3.05, 3.63) is 17.3 Å². The van der Waals surface area contributed by atoms with Gasteiger partial charge in [0, 0.05) is 6.20 Å². The number of halogens is 2. The molecule has 6 heteroatoms. The molecule has 0 aromatic carbocycles. The number of nitrogens with two attached hydrogens (primary N) is 1. The predicted octanol–water partition coefficient (Wildman–Crippen LogP) is 1.48. The van der Waals surface area contributed by atoms with Gasteiger partial charge in [-0.05, 0) is 0 Å². The van der Waals surface area contributed by atoms with Gasteiger partial charge < -0.3 is 10.5 Å². The first-order valence-corrected chi connectivity index (χ1v) is 3.62. The minimum atomic E-state index is -2.77. The predicted molar refractivity (Wildman–Crippen MR) is 44.9 cm³/mol. The molecular formula is C8H7F2N3O. The zero-order valence-corrected chi connectivity index (χ0v) is 7.29. The number of aromatic nitrogens is 1. The van der Waals surface area contributed by atoms with Crippen molar-refractivity contribution >= 4 is 5.82 Å². The lowest BCUT2D eigenvalue weighted by Crippen LogP contribution is -2.02. The molecule has 14 heavy (non-hydrogen) atoms. The van der Waals surface area contributed by atoms with Gasteiger partial charge >= 0.3 is 0 Å². The summed E-state index contributed by atoms with van der Waals surface area (Å²) in [5.41, 5.74) is 4.60. The number of hydrogen-bond donors (Lipinski definition) is 1. The fraction of sp³-hybridized carbons (Fsp3) is 0.250. The Labute approximate surface area is 78.9 Å². The molecule has 0 aliphatic carbocycles. The highest BCUT2D eigenvalue weighted by molar-refractivity contribution is 5.59. The van der Waals surface area contributed by atoms with E-state index in [9.17, 15) is 8.78 Å². The summed E-state index contributed by atoms with van der Waals surface area (Å²) in [7, 11) is 1.24. The van der Waals surface area contributed by atoms with Crippen LogP contribution in [0.1, 0.15) is 17.6 Å². The molecule has 0 aliphatic heterocycles. The van der Waals surface area contributed by atoms with Crippen molar-refractivity contribution in [3.8, 4) is 11.8 Å². The van der Waals surface area contributed by atoms with Crippen LogP contribution in [0, 0.1) is 11.3 Å². The van der Waals surface area contributed by atoms with E-state index in [2.05, 4.69) is 4.98 Å². The molecule has 0 spiro atoms. The first-order valence-electron chi connectivity index (χ1n) is 3.62. The zero-order chi connectivity index (χ0) is 10.7. The van der Waals surface area contributed by atoms with Crippen LogP contribution in [-0.4, -0.2) is 12.1 Å². The number of ether oxygens (including phenoxy) is 1. The van der Waals surface area contributed by atoms with Gasteiger partial charge in [0.1, 0.15) is 11.6 Å². The van der Waals surface area contributed by atoms with E-state index < -0.39 is 12.0 Å². The maximum atomic E-state index is 12.4.